The van der Waals surface area contributed by atoms with Crippen molar-refractivity contribution in [3.63, 3.8) is 0 Å². The zero-order valence-electron chi connectivity index (χ0n) is 13.8. The van der Waals surface area contributed by atoms with Gasteiger partial charge in [0.25, 0.3) is 0 Å². The van der Waals surface area contributed by atoms with Gasteiger partial charge in [0.1, 0.15) is 10.4 Å². The lowest BCUT2D eigenvalue weighted by molar-refractivity contribution is 0.315. The Morgan fingerprint density at radius 2 is 1.96 bits per heavy atom. The van der Waals surface area contributed by atoms with Crippen molar-refractivity contribution in [1.29, 1.82) is 0 Å². The Labute approximate surface area is 140 Å². The molecular formula is C17H19N3O3S. The molecule has 3 aromatic rings. The molecule has 126 valence electrons. The Morgan fingerprint density at radius 3 is 2.67 bits per heavy atom. The Morgan fingerprint density at radius 1 is 1.17 bits per heavy atom. The van der Waals surface area contributed by atoms with Gasteiger partial charge in [-0.1, -0.05) is 36.8 Å². The molecule has 0 aliphatic heterocycles. The molecule has 0 spiro atoms. The average molecular weight is 345 g/mol. The van der Waals surface area contributed by atoms with Crippen LogP contribution in [0.3, 0.4) is 0 Å². The van der Waals surface area contributed by atoms with Crippen LogP contribution in [0, 0.1) is 13.8 Å². The number of nitrogens with zero attached hydrogens (tertiary/aromatic N) is 2. The van der Waals surface area contributed by atoms with Crippen LogP contribution < -0.4 is 4.72 Å². The van der Waals surface area contributed by atoms with Gasteiger partial charge in [-0.2, -0.15) is 0 Å². The van der Waals surface area contributed by atoms with E-state index >= 15 is 0 Å². The summed E-state index contributed by atoms with van der Waals surface area (Å²) in [5, 5.41) is 7.41. The third kappa shape index (κ3) is 3.05. The first-order chi connectivity index (χ1) is 11.4. The van der Waals surface area contributed by atoms with E-state index in [0.717, 1.165) is 16.7 Å². The highest BCUT2D eigenvalue weighted by molar-refractivity contribution is 7.89. The lowest BCUT2D eigenvalue weighted by atomic mass is 9.98. The largest absolute Gasteiger partial charge is 0.243 e. The number of aryl methyl sites for hydroxylation is 2. The lowest BCUT2D eigenvalue weighted by Gasteiger charge is -2.20. The second-order valence-corrected chi connectivity index (χ2v) is 7.51. The molecule has 7 heteroatoms. The van der Waals surface area contributed by atoms with Gasteiger partial charge in [0.05, 0.1) is 0 Å². The standard InChI is InChI=1S/C17H19N3O3S/c1-4-14(13-9-8-11(2)10-12(13)3)20-24(21,22)16-7-5-6-15-17(16)19-23-18-15/h5-10,14,20H,4H2,1-3H3/t14-/m0/s1. The van der Waals surface area contributed by atoms with Gasteiger partial charge in [0.2, 0.25) is 10.0 Å². The maximum absolute atomic E-state index is 12.8. The summed E-state index contributed by atoms with van der Waals surface area (Å²) in [6, 6.07) is 10.5. The number of benzene rings is 2. The molecule has 0 amide bonds. The molecule has 0 radical (unpaired) electrons. The first-order valence-corrected chi connectivity index (χ1v) is 9.21. The van der Waals surface area contributed by atoms with Crippen molar-refractivity contribution in [3.8, 4) is 0 Å². The van der Waals surface area contributed by atoms with Crippen LogP contribution in [0.2, 0.25) is 0 Å². The van der Waals surface area contributed by atoms with Gasteiger partial charge in [0.15, 0.2) is 5.52 Å². The summed E-state index contributed by atoms with van der Waals surface area (Å²) in [5.74, 6) is 0. The molecule has 0 aliphatic carbocycles. The van der Waals surface area contributed by atoms with Crippen LogP contribution in [-0.4, -0.2) is 18.7 Å². The summed E-state index contributed by atoms with van der Waals surface area (Å²) in [5.41, 5.74) is 3.83. The SMILES string of the molecule is CC[C@H](NS(=O)(=O)c1cccc2nonc12)c1ccc(C)cc1C. The van der Waals surface area contributed by atoms with Gasteiger partial charge in [-0.05, 0) is 53.8 Å². The second-order valence-electron chi connectivity index (χ2n) is 5.83. The van der Waals surface area contributed by atoms with E-state index in [1.165, 1.54) is 6.07 Å². The Balaban J connectivity index is 1.99. The maximum Gasteiger partial charge on any atom is 0.243 e. The van der Waals surface area contributed by atoms with Gasteiger partial charge >= 0.3 is 0 Å². The van der Waals surface area contributed by atoms with Crippen molar-refractivity contribution in [3.05, 3.63) is 53.1 Å². The zero-order chi connectivity index (χ0) is 17.3. The smallest absolute Gasteiger partial charge is 0.243 e. The van der Waals surface area contributed by atoms with E-state index in [1.807, 2.05) is 32.9 Å². The number of hydrogen-bond donors (Lipinski definition) is 1. The van der Waals surface area contributed by atoms with E-state index in [0.29, 0.717) is 11.9 Å². The van der Waals surface area contributed by atoms with E-state index in [2.05, 4.69) is 25.7 Å². The van der Waals surface area contributed by atoms with Crippen molar-refractivity contribution in [2.75, 3.05) is 0 Å². The van der Waals surface area contributed by atoms with Crippen molar-refractivity contribution < 1.29 is 13.0 Å². The van der Waals surface area contributed by atoms with Crippen LogP contribution in [0.15, 0.2) is 45.9 Å². The number of hydrogen-bond acceptors (Lipinski definition) is 5. The maximum atomic E-state index is 12.8. The molecule has 0 saturated carbocycles. The second kappa shape index (κ2) is 6.33. The number of fused-ring (bicyclic) bond motifs is 1. The highest BCUT2D eigenvalue weighted by atomic mass is 32.2. The van der Waals surface area contributed by atoms with Crippen molar-refractivity contribution in [2.45, 2.75) is 38.1 Å². The third-order valence-corrected chi connectivity index (χ3v) is 5.55. The van der Waals surface area contributed by atoms with E-state index in [4.69, 9.17) is 0 Å². The topological polar surface area (TPSA) is 85.1 Å². The molecule has 1 aromatic heterocycles. The average Bonchev–Trinajstić information content (AvgIpc) is 3.01. The van der Waals surface area contributed by atoms with Gasteiger partial charge < -0.3 is 0 Å². The molecule has 0 unspecified atom stereocenters. The van der Waals surface area contributed by atoms with Crippen molar-refractivity contribution >= 4 is 21.1 Å². The van der Waals surface area contributed by atoms with Crippen LogP contribution in [0.25, 0.3) is 11.0 Å². The molecule has 1 atom stereocenters. The van der Waals surface area contributed by atoms with Gasteiger partial charge in [0, 0.05) is 6.04 Å². The van der Waals surface area contributed by atoms with Crippen molar-refractivity contribution in [1.82, 2.24) is 15.0 Å². The summed E-state index contributed by atoms with van der Waals surface area (Å²) in [6.45, 7) is 5.95. The fourth-order valence-corrected chi connectivity index (χ4v) is 4.28. The minimum absolute atomic E-state index is 0.0736. The minimum Gasteiger partial charge on any atom is -0.243 e. The molecule has 1 heterocycles. The molecular weight excluding hydrogens is 326 g/mol. The first kappa shape index (κ1) is 16.6. The summed E-state index contributed by atoms with van der Waals surface area (Å²) in [7, 11) is -3.76. The highest BCUT2D eigenvalue weighted by Crippen LogP contribution is 2.26. The Hall–Kier alpha value is -2.25. The summed E-state index contributed by atoms with van der Waals surface area (Å²) in [4.78, 5) is 0.0736. The van der Waals surface area contributed by atoms with Crippen LogP contribution in [0.1, 0.15) is 36.1 Å². The first-order valence-electron chi connectivity index (χ1n) is 7.73. The monoisotopic (exact) mass is 345 g/mol. The predicted octanol–water partition coefficient (Wildman–Crippen LogP) is 3.27. The van der Waals surface area contributed by atoms with Gasteiger partial charge in [-0.3, -0.25) is 0 Å². The zero-order valence-corrected chi connectivity index (χ0v) is 14.6. The van der Waals surface area contributed by atoms with E-state index < -0.39 is 10.0 Å². The van der Waals surface area contributed by atoms with Crippen LogP contribution in [0.4, 0.5) is 0 Å². The fourth-order valence-electron chi connectivity index (χ4n) is 2.83. The van der Waals surface area contributed by atoms with E-state index in [1.54, 1.807) is 12.1 Å². The molecule has 2 aromatic carbocycles. The number of aromatic nitrogens is 2. The molecule has 24 heavy (non-hydrogen) atoms. The van der Waals surface area contributed by atoms with Crippen LogP contribution >= 0.6 is 0 Å². The van der Waals surface area contributed by atoms with Crippen LogP contribution in [0.5, 0.6) is 0 Å². The highest BCUT2D eigenvalue weighted by Gasteiger charge is 2.24. The van der Waals surface area contributed by atoms with Crippen LogP contribution in [-0.2, 0) is 10.0 Å². The van der Waals surface area contributed by atoms with Gasteiger partial charge in [-0.15, -0.1) is 0 Å². The molecule has 1 N–H and O–H groups in total. The normalized spacial score (nSPS) is 13.3. The minimum atomic E-state index is -3.76. The Kier molecular flexibility index (Phi) is 4.38. The molecule has 0 saturated heterocycles. The van der Waals surface area contributed by atoms with E-state index in [-0.39, 0.29) is 16.5 Å². The fraction of sp³-hybridized carbons (Fsp3) is 0.294. The number of sulfonamides is 1. The molecule has 0 fully saturated rings. The lowest BCUT2D eigenvalue weighted by Crippen LogP contribution is -2.29. The van der Waals surface area contributed by atoms with Gasteiger partial charge in [-0.25, -0.2) is 17.8 Å². The molecule has 6 nitrogen and oxygen atoms in total. The number of nitrogens with one attached hydrogen (secondary N) is 1. The predicted molar refractivity (Wildman–Crippen MR) is 91.1 cm³/mol. The Bertz CT molecular complexity index is 980. The summed E-state index contributed by atoms with van der Waals surface area (Å²) < 4.78 is 33.1. The number of rotatable bonds is 5. The van der Waals surface area contributed by atoms with E-state index in [9.17, 15) is 8.42 Å². The summed E-state index contributed by atoms with van der Waals surface area (Å²) in [6.07, 6.45) is 0.635. The quantitative estimate of drug-likeness (QED) is 0.767. The molecule has 0 aliphatic rings. The van der Waals surface area contributed by atoms with Crippen molar-refractivity contribution in [2.24, 2.45) is 0 Å². The summed E-state index contributed by atoms with van der Waals surface area (Å²) >= 11 is 0. The molecule has 0 bridgehead atoms. The third-order valence-electron chi connectivity index (χ3n) is 4.04. The molecule has 3 rings (SSSR count).